The van der Waals surface area contributed by atoms with Crippen LogP contribution in [0.5, 0.6) is 5.19 Å². The molecule has 0 aliphatic rings. The molecule has 56 valence electrons. The molecule has 0 unspecified atom stereocenters. The maximum Gasteiger partial charge on any atom is 0.273 e. The summed E-state index contributed by atoms with van der Waals surface area (Å²) in [6, 6.07) is 0. The van der Waals surface area contributed by atoms with Gasteiger partial charge in [0.05, 0.1) is 6.61 Å². The fourth-order valence-electron chi connectivity index (χ4n) is 0.524. The number of thiazole rings is 1. The van der Waals surface area contributed by atoms with Crippen LogP contribution in [-0.2, 0) is 0 Å². The minimum Gasteiger partial charge on any atom is -0.470 e. The van der Waals surface area contributed by atoms with Crippen LogP contribution in [0.4, 0.5) is 0 Å². The first-order valence-corrected chi connectivity index (χ1v) is 4.04. The predicted octanol–water partition coefficient (Wildman–Crippen LogP) is 0.871. The monoisotopic (exact) mass is 158 g/mol. The summed E-state index contributed by atoms with van der Waals surface area (Å²) in [7, 11) is 0. The SMILES string of the molecule is NCCCOc1nccs1. The van der Waals surface area contributed by atoms with E-state index in [2.05, 4.69) is 4.98 Å². The highest BCUT2D eigenvalue weighted by Crippen LogP contribution is 2.12. The lowest BCUT2D eigenvalue weighted by atomic mass is 10.5. The molecule has 10 heavy (non-hydrogen) atoms. The molecule has 1 aromatic rings. The molecule has 0 spiro atoms. The first-order valence-electron chi connectivity index (χ1n) is 3.16. The van der Waals surface area contributed by atoms with E-state index in [-0.39, 0.29) is 0 Å². The molecule has 2 N–H and O–H groups in total. The molecule has 0 atom stereocenters. The Hall–Kier alpha value is -0.610. The third-order valence-electron chi connectivity index (χ3n) is 0.984. The van der Waals surface area contributed by atoms with Gasteiger partial charge >= 0.3 is 0 Å². The molecule has 0 aromatic carbocycles. The van der Waals surface area contributed by atoms with Crippen molar-refractivity contribution in [3.8, 4) is 5.19 Å². The summed E-state index contributed by atoms with van der Waals surface area (Å²) in [5.41, 5.74) is 5.27. The molecule has 1 aromatic heterocycles. The van der Waals surface area contributed by atoms with Gasteiger partial charge in [0, 0.05) is 11.6 Å². The minimum atomic E-state index is 0.671. The van der Waals surface area contributed by atoms with Crippen LogP contribution in [0.25, 0.3) is 0 Å². The van der Waals surface area contributed by atoms with Crippen molar-refractivity contribution in [2.24, 2.45) is 5.73 Å². The Bertz CT molecular complexity index is 164. The Morgan fingerprint density at radius 1 is 1.70 bits per heavy atom. The molecule has 0 fully saturated rings. The smallest absolute Gasteiger partial charge is 0.273 e. The van der Waals surface area contributed by atoms with Gasteiger partial charge in [0.15, 0.2) is 0 Å². The van der Waals surface area contributed by atoms with E-state index in [4.69, 9.17) is 10.5 Å². The number of aromatic nitrogens is 1. The number of nitrogens with zero attached hydrogens (tertiary/aromatic N) is 1. The Morgan fingerprint density at radius 2 is 2.60 bits per heavy atom. The maximum absolute atomic E-state index is 5.27. The predicted molar refractivity (Wildman–Crippen MR) is 41.3 cm³/mol. The van der Waals surface area contributed by atoms with Gasteiger partial charge in [0.2, 0.25) is 0 Å². The second-order valence-corrected chi connectivity index (χ2v) is 2.65. The van der Waals surface area contributed by atoms with Crippen molar-refractivity contribution in [3.05, 3.63) is 11.6 Å². The molecule has 0 saturated heterocycles. The van der Waals surface area contributed by atoms with Crippen molar-refractivity contribution >= 4 is 11.3 Å². The Kier molecular flexibility index (Phi) is 3.18. The zero-order chi connectivity index (χ0) is 7.23. The highest BCUT2D eigenvalue weighted by atomic mass is 32.1. The van der Waals surface area contributed by atoms with Crippen LogP contribution in [0.15, 0.2) is 11.6 Å². The number of ether oxygens (including phenoxy) is 1. The van der Waals surface area contributed by atoms with E-state index >= 15 is 0 Å². The molecule has 0 radical (unpaired) electrons. The summed E-state index contributed by atoms with van der Waals surface area (Å²) in [6.45, 7) is 1.34. The van der Waals surface area contributed by atoms with Crippen molar-refractivity contribution in [2.75, 3.05) is 13.2 Å². The quantitative estimate of drug-likeness (QED) is 0.661. The Morgan fingerprint density at radius 3 is 3.20 bits per heavy atom. The van der Waals surface area contributed by atoms with Gasteiger partial charge in [-0.3, -0.25) is 0 Å². The standard InChI is InChI=1S/C6H10N2OS/c7-2-1-4-9-6-8-3-5-10-6/h3,5H,1-2,4,7H2. The molecule has 3 nitrogen and oxygen atoms in total. The summed E-state index contributed by atoms with van der Waals surface area (Å²) in [5.74, 6) is 0. The van der Waals surface area contributed by atoms with E-state index in [1.54, 1.807) is 6.20 Å². The van der Waals surface area contributed by atoms with E-state index < -0.39 is 0 Å². The van der Waals surface area contributed by atoms with E-state index in [1.807, 2.05) is 5.38 Å². The van der Waals surface area contributed by atoms with Crippen LogP contribution < -0.4 is 10.5 Å². The van der Waals surface area contributed by atoms with Gasteiger partial charge in [0.1, 0.15) is 0 Å². The lowest BCUT2D eigenvalue weighted by molar-refractivity contribution is 0.312. The molecule has 1 rings (SSSR count). The fourth-order valence-corrected chi connectivity index (χ4v) is 1.04. The molecule has 0 bridgehead atoms. The van der Waals surface area contributed by atoms with Crippen molar-refractivity contribution in [2.45, 2.75) is 6.42 Å². The summed E-state index contributed by atoms with van der Waals surface area (Å²) >= 11 is 1.50. The zero-order valence-electron chi connectivity index (χ0n) is 5.62. The molecular weight excluding hydrogens is 148 g/mol. The molecule has 0 amide bonds. The fraction of sp³-hybridized carbons (Fsp3) is 0.500. The largest absolute Gasteiger partial charge is 0.470 e. The van der Waals surface area contributed by atoms with Crippen LogP contribution in [0, 0.1) is 0 Å². The molecule has 1 heterocycles. The summed E-state index contributed by atoms with van der Waals surface area (Å²) in [4.78, 5) is 3.94. The summed E-state index contributed by atoms with van der Waals surface area (Å²) in [5, 5.41) is 2.62. The average molecular weight is 158 g/mol. The number of hydrogen-bond acceptors (Lipinski definition) is 4. The van der Waals surface area contributed by atoms with E-state index in [9.17, 15) is 0 Å². The first kappa shape index (κ1) is 7.50. The van der Waals surface area contributed by atoms with Crippen molar-refractivity contribution in [1.82, 2.24) is 4.98 Å². The van der Waals surface area contributed by atoms with E-state index in [0.717, 1.165) is 11.6 Å². The second kappa shape index (κ2) is 4.24. The topological polar surface area (TPSA) is 48.1 Å². The third-order valence-corrected chi connectivity index (χ3v) is 1.67. The summed E-state index contributed by atoms with van der Waals surface area (Å²) in [6.07, 6.45) is 2.61. The van der Waals surface area contributed by atoms with Crippen LogP contribution in [0.3, 0.4) is 0 Å². The Labute approximate surface area is 63.8 Å². The Balaban J connectivity index is 2.15. The van der Waals surface area contributed by atoms with Gasteiger partial charge in [0.25, 0.3) is 5.19 Å². The van der Waals surface area contributed by atoms with Crippen molar-refractivity contribution in [3.63, 3.8) is 0 Å². The number of rotatable bonds is 4. The highest BCUT2D eigenvalue weighted by Gasteiger charge is 1.92. The minimum absolute atomic E-state index is 0.671. The summed E-state index contributed by atoms with van der Waals surface area (Å²) < 4.78 is 5.21. The lowest BCUT2D eigenvalue weighted by Gasteiger charge is -1.97. The van der Waals surface area contributed by atoms with Gasteiger partial charge in [-0.25, -0.2) is 4.98 Å². The van der Waals surface area contributed by atoms with Gasteiger partial charge < -0.3 is 10.5 Å². The lowest BCUT2D eigenvalue weighted by Crippen LogP contribution is -2.05. The van der Waals surface area contributed by atoms with Crippen LogP contribution in [0.2, 0.25) is 0 Å². The van der Waals surface area contributed by atoms with Gasteiger partial charge in [-0.05, 0) is 13.0 Å². The van der Waals surface area contributed by atoms with Crippen molar-refractivity contribution < 1.29 is 4.74 Å². The first-order chi connectivity index (χ1) is 4.93. The second-order valence-electron chi connectivity index (χ2n) is 1.79. The zero-order valence-corrected chi connectivity index (χ0v) is 6.43. The average Bonchev–Trinajstić information content (AvgIpc) is 2.41. The van der Waals surface area contributed by atoms with Crippen LogP contribution in [-0.4, -0.2) is 18.1 Å². The normalized spacial score (nSPS) is 9.70. The van der Waals surface area contributed by atoms with Gasteiger partial charge in [-0.1, -0.05) is 11.3 Å². The molecule has 0 aliphatic carbocycles. The van der Waals surface area contributed by atoms with Crippen molar-refractivity contribution in [1.29, 1.82) is 0 Å². The molecule has 0 saturated carbocycles. The van der Waals surface area contributed by atoms with Gasteiger partial charge in [-0.2, -0.15) is 0 Å². The number of nitrogens with two attached hydrogens (primary N) is 1. The molecule has 0 aliphatic heterocycles. The highest BCUT2D eigenvalue weighted by molar-refractivity contribution is 7.11. The van der Waals surface area contributed by atoms with E-state index in [1.165, 1.54) is 11.3 Å². The van der Waals surface area contributed by atoms with Crippen LogP contribution in [0.1, 0.15) is 6.42 Å². The maximum atomic E-state index is 5.27. The van der Waals surface area contributed by atoms with Crippen LogP contribution >= 0.6 is 11.3 Å². The molecule has 4 heteroatoms. The molecular formula is C6H10N2OS. The van der Waals surface area contributed by atoms with Gasteiger partial charge in [-0.15, -0.1) is 0 Å². The number of hydrogen-bond donors (Lipinski definition) is 1. The third kappa shape index (κ3) is 2.33. The van der Waals surface area contributed by atoms with E-state index in [0.29, 0.717) is 13.2 Å².